The number of nitrogens with zero attached hydrogens (tertiary/aromatic N) is 1. The minimum absolute atomic E-state index is 0.0440. The summed E-state index contributed by atoms with van der Waals surface area (Å²) in [5.74, 6) is -2.02. The first kappa shape index (κ1) is 16.3. The van der Waals surface area contributed by atoms with Crippen molar-refractivity contribution in [3.63, 3.8) is 0 Å². The summed E-state index contributed by atoms with van der Waals surface area (Å²) < 4.78 is 53.7. The smallest absolute Gasteiger partial charge is 0.246 e. The van der Waals surface area contributed by atoms with Crippen LogP contribution in [0.2, 0.25) is 0 Å². The predicted octanol–water partition coefficient (Wildman–Crippen LogP) is 2.23. The fourth-order valence-corrected chi connectivity index (χ4v) is 4.21. The summed E-state index contributed by atoms with van der Waals surface area (Å²) in [5.41, 5.74) is 5.66. The highest BCUT2D eigenvalue weighted by molar-refractivity contribution is 7.89. The Kier molecular flexibility index (Phi) is 4.95. The second-order valence-electron chi connectivity index (χ2n) is 5.35. The van der Waals surface area contributed by atoms with Crippen LogP contribution >= 0.6 is 0 Å². The lowest BCUT2D eigenvalue weighted by molar-refractivity contribution is 0.268. The quantitative estimate of drug-likeness (QED) is 0.926. The Balaban J connectivity index is 2.34. The molecule has 1 fully saturated rings. The summed E-state index contributed by atoms with van der Waals surface area (Å²) in [6.45, 7) is 2.70. The molecule has 1 aromatic rings. The van der Waals surface area contributed by atoms with Crippen LogP contribution in [0, 0.1) is 17.6 Å². The van der Waals surface area contributed by atoms with Crippen molar-refractivity contribution >= 4 is 10.0 Å². The highest BCUT2D eigenvalue weighted by Crippen LogP contribution is 2.28. The van der Waals surface area contributed by atoms with Crippen molar-refractivity contribution in [2.45, 2.75) is 37.6 Å². The zero-order chi connectivity index (χ0) is 15.6. The number of benzene rings is 1. The van der Waals surface area contributed by atoms with E-state index in [1.54, 1.807) is 0 Å². The van der Waals surface area contributed by atoms with E-state index in [2.05, 4.69) is 6.92 Å². The van der Waals surface area contributed by atoms with E-state index < -0.39 is 26.6 Å². The summed E-state index contributed by atoms with van der Waals surface area (Å²) >= 11 is 0. The number of piperidine rings is 1. The van der Waals surface area contributed by atoms with Gasteiger partial charge in [0.2, 0.25) is 10.0 Å². The van der Waals surface area contributed by atoms with E-state index in [0.29, 0.717) is 19.0 Å². The monoisotopic (exact) mass is 318 g/mol. The van der Waals surface area contributed by atoms with Crippen LogP contribution in [-0.4, -0.2) is 25.8 Å². The summed E-state index contributed by atoms with van der Waals surface area (Å²) in [6.07, 6.45) is 2.49. The van der Waals surface area contributed by atoms with Crippen LogP contribution in [0.25, 0.3) is 0 Å². The third-order valence-corrected chi connectivity index (χ3v) is 5.96. The summed E-state index contributed by atoms with van der Waals surface area (Å²) in [5, 5.41) is 0. The average molecular weight is 318 g/mol. The number of halogens is 2. The Morgan fingerprint density at radius 2 is 1.90 bits per heavy atom. The Bertz CT molecular complexity index is 612. The van der Waals surface area contributed by atoms with Crippen molar-refractivity contribution in [3.05, 3.63) is 29.3 Å². The molecule has 0 saturated carbocycles. The van der Waals surface area contributed by atoms with Gasteiger partial charge in [-0.2, -0.15) is 4.31 Å². The number of hydrogen-bond donors (Lipinski definition) is 1. The van der Waals surface area contributed by atoms with Crippen molar-refractivity contribution in [3.8, 4) is 0 Å². The SMILES string of the molecule is CCC1CCN(S(=O)(=O)c2cc(CN)cc(F)c2F)CC1. The molecule has 1 aliphatic rings. The molecule has 21 heavy (non-hydrogen) atoms. The molecule has 0 spiro atoms. The third-order valence-electron chi connectivity index (χ3n) is 4.06. The average Bonchev–Trinajstić information content (AvgIpc) is 2.49. The van der Waals surface area contributed by atoms with Crippen molar-refractivity contribution in [2.24, 2.45) is 11.7 Å². The van der Waals surface area contributed by atoms with Crippen molar-refractivity contribution in [1.29, 1.82) is 0 Å². The molecule has 0 radical (unpaired) electrons. The first-order valence-corrected chi connectivity index (χ1v) is 8.52. The van der Waals surface area contributed by atoms with E-state index in [1.165, 1.54) is 4.31 Å². The Labute approximate surface area is 124 Å². The number of hydrogen-bond acceptors (Lipinski definition) is 3. The molecule has 1 aliphatic heterocycles. The van der Waals surface area contributed by atoms with Gasteiger partial charge in [0.1, 0.15) is 4.90 Å². The lowest BCUT2D eigenvalue weighted by Gasteiger charge is -2.30. The summed E-state index contributed by atoms with van der Waals surface area (Å²) in [6, 6.07) is 2.05. The highest BCUT2D eigenvalue weighted by Gasteiger charge is 2.32. The summed E-state index contributed by atoms with van der Waals surface area (Å²) in [7, 11) is -4.02. The molecule has 1 heterocycles. The van der Waals surface area contributed by atoms with E-state index in [1.807, 2.05) is 0 Å². The van der Waals surface area contributed by atoms with Gasteiger partial charge >= 0.3 is 0 Å². The maximum absolute atomic E-state index is 13.9. The van der Waals surface area contributed by atoms with Gasteiger partial charge < -0.3 is 5.73 Å². The molecule has 0 amide bonds. The van der Waals surface area contributed by atoms with Gasteiger partial charge in [-0.05, 0) is 36.5 Å². The molecule has 0 aromatic heterocycles. The molecule has 118 valence electrons. The van der Waals surface area contributed by atoms with Gasteiger partial charge in [-0.3, -0.25) is 0 Å². The van der Waals surface area contributed by atoms with Crippen molar-refractivity contribution in [2.75, 3.05) is 13.1 Å². The zero-order valence-electron chi connectivity index (χ0n) is 12.0. The highest BCUT2D eigenvalue weighted by atomic mass is 32.2. The standard InChI is InChI=1S/C14H20F2N2O2S/c1-2-10-3-5-18(6-4-10)21(19,20)13-8-11(9-17)7-12(15)14(13)16/h7-8,10H,2-6,9,17H2,1H3. The minimum Gasteiger partial charge on any atom is -0.326 e. The largest absolute Gasteiger partial charge is 0.326 e. The maximum atomic E-state index is 13.9. The molecule has 1 saturated heterocycles. The summed E-state index contributed by atoms with van der Waals surface area (Å²) in [4.78, 5) is -0.613. The number of nitrogens with two attached hydrogens (primary N) is 1. The molecule has 2 N–H and O–H groups in total. The first-order chi connectivity index (χ1) is 9.90. The van der Waals surface area contributed by atoms with Gasteiger partial charge in [0.15, 0.2) is 11.6 Å². The minimum atomic E-state index is -4.02. The predicted molar refractivity (Wildman–Crippen MR) is 76.0 cm³/mol. The van der Waals surface area contributed by atoms with E-state index in [-0.39, 0.29) is 12.1 Å². The van der Waals surface area contributed by atoms with Gasteiger partial charge in [-0.1, -0.05) is 13.3 Å². The molecule has 7 heteroatoms. The molecule has 0 atom stereocenters. The van der Waals surface area contributed by atoms with Gasteiger partial charge in [0.25, 0.3) is 0 Å². The first-order valence-electron chi connectivity index (χ1n) is 7.08. The van der Waals surface area contributed by atoms with Crippen LogP contribution < -0.4 is 5.73 Å². The molecular weight excluding hydrogens is 298 g/mol. The van der Waals surface area contributed by atoms with E-state index in [0.717, 1.165) is 31.4 Å². The van der Waals surface area contributed by atoms with Crippen LogP contribution in [0.1, 0.15) is 31.7 Å². The number of sulfonamides is 1. The van der Waals surface area contributed by atoms with Crippen molar-refractivity contribution in [1.82, 2.24) is 4.31 Å². The Morgan fingerprint density at radius 1 is 1.29 bits per heavy atom. The lowest BCUT2D eigenvalue weighted by Crippen LogP contribution is -2.38. The normalized spacial score (nSPS) is 18.1. The Morgan fingerprint density at radius 3 is 2.43 bits per heavy atom. The molecule has 0 aliphatic carbocycles. The molecule has 2 rings (SSSR count). The molecule has 4 nitrogen and oxygen atoms in total. The van der Waals surface area contributed by atoms with Gasteiger partial charge in [0.05, 0.1) is 0 Å². The zero-order valence-corrected chi connectivity index (χ0v) is 12.8. The van der Waals surface area contributed by atoms with Crippen molar-refractivity contribution < 1.29 is 17.2 Å². The molecule has 1 aromatic carbocycles. The van der Waals surface area contributed by atoms with E-state index in [4.69, 9.17) is 5.73 Å². The third kappa shape index (κ3) is 3.25. The second kappa shape index (κ2) is 6.37. The fraction of sp³-hybridized carbons (Fsp3) is 0.571. The van der Waals surface area contributed by atoms with E-state index >= 15 is 0 Å². The van der Waals surface area contributed by atoms with Gasteiger partial charge in [-0.25, -0.2) is 17.2 Å². The number of rotatable bonds is 4. The van der Waals surface area contributed by atoms with Crippen LogP contribution in [0.3, 0.4) is 0 Å². The second-order valence-corrected chi connectivity index (χ2v) is 7.26. The molecular formula is C14H20F2N2O2S. The van der Waals surface area contributed by atoms with E-state index in [9.17, 15) is 17.2 Å². The topological polar surface area (TPSA) is 63.4 Å². The van der Waals surface area contributed by atoms with Gasteiger partial charge in [0, 0.05) is 19.6 Å². The maximum Gasteiger partial charge on any atom is 0.246 e. The van der Waals surface area contributed by atoms with Crippen LogP contribution in [0.4, 0.5) is 8.78 Å². The fourth-order valence-electron chi connectivity index (χ4n) is 2.62. The molecule has 0 bridgehead atoms. The van der Waals surface area contributed by atoms with Gasteiger partial charge in [-0.15, -0.1) is 0 Å². The van der Waals surface area contributed by atoms with Crippen LogP contribution in [0.5, 0.6) is 0 Å². The lowest BCUT2D eigenvalue weighted by atomic mass is 9.96. The Hall–Kier alpha value is -1.05. The molecule has 0 unspecified atom stereocenters. The van der Waals surface area contributed by atoms with Crippen LogP contribution in [-0.2, 0) is 16.6 Å². The van der Waals surface area contributed by atoms with Crippen LogP contribution in [0.15, 0.2) is 17.0 Å².